The molecule has 2 aromatic rings. The molecule has 0 spiro atoms. The first kappa shape index (κ1) is 13.6. The average Bonchev–Trinajstić information content (AvgIpc) is 2.88. The Morgan fingerprint density at radius 3 is 2.90 bits per heavy atom. The minimum Gasteiger partial charge on any atom is -0.508 e. The standard InChI is InChI=1S/C15H18N4O2/c1-3-7-18-9-13-16-17-14(19(13)10(2)15(18)21)11-5-4-6-12(20)8-11/h4-6,8,10,20H,3,7,9H2,1-2H3/t10-/m1/s1. The maximum Gasteiger partial charge on any atom is 0.245 e. The highest BCUT2D eigenvalue weighted by molar-refractivity contribution is 5.82. The van der Waals surface area contributed by atoms with Crippen LogP contribution in [0.3, 0.4) is 0 Å². The second kappa shape index (κ2) is 5.20. The summed E-state index contributed by atoms with van der Waals surface area (Å²) in [5.41, 5.74) is 0.761. The van der Waals surface area contributed by atoms with Gasteiger partial charge >= 0.3 is 0 Å². The Morgan fingerprint density at radius 1 is 1.38 bits per heavy atom. The van der Waals surface area contributed by atoms with Crippen molar-refractivity contribution < 1.29 is 9.90 Å². The highest BCUT2D eigenvalue weighted by atomic mass is 16.3. The van der Waals surface area contributed by atoms with Gasteiger partial charge in [-0.05, 0) is 25.5 Å². The molecule has 0 bridgehead atoms. The number of rotatable bonds is 3. The first-order valence-electron chi connectivity index (χ1n) is 7.13. The number of carbonyl (C=O) groups excluding carboxylic acids is 1. The van der Waals surface area contributed by atoms with Crippen molar-refractivity contribution in [1.82, 2.24) is 19.7 Å². The molecule has 0 radical (unpaired) electrons. The first-order valence-corrected chi connectivity index (χ1v) is 7.13. The molecule has 1 atom stereocenters. The molecular formula is C15H18N4O2. The molecule has 1 aliphatic rings. The maximum atomic E-state index is 12.4. The second-order valence-electron chi connectivity index (χ2n) is 5.30. The van der Waals surface area contributed by atoms with Crippen LogP contribution in [0.5, 0.6) is 5.75 Å². The number of nitrogens with zero attached hydrogens (tertiary/aromatic N) is 4. The fraction of sp³-hybridized carbons (Fsp3) is 0.400. The molecule has 0 saturated carbocycles. The van der Waals surface area contributed by atoms with Gasteiger partial charge in [-0.15, -0.1) is 10.2 Å². The average molecular weight is 286 g/mol. The molecule has 0 fully saturated rings. The summed E-state index contributed by atoms with van der Waals surface area (Å²) in [7, 11) is 0. The summed E-state index contributed by atoms with van der Waals surface area (Å²) in [6.45, 7) is 5.14. The molecule has 6 nitrogen and oxygen atoms in total. The Bertz CT molecular complexity index is 680. The monoisotopic (exact) mass is 286 g/mol. The highest BCUT2D eigenvalue weighted by Gasteiger charge is 2.32. The van der Waals surface area contributed by atoms with E-state index >= 15 is 0 Å². The number of phenols is 1. The molecular weight excluding hydrogens is 268 g/mol. The van der Waals surface area contributed by atoms with Crippen molar-refractivity contribution in [3.05, 3.63) is 30.1 Å². The molecule has 0 unspecified atom stereocenters. The number of benzene rings is 1. The minimum absolute atomic E-state index is 0.0885. The van der Waals surface area contributed by atoms with E-state index in [9.17, 15) is 9.90 Å². The van der Waals surface area contributed by atoms with E-state index in [-0.39, 0.29) is 17.7 Å². The van der Waals surface area contributed by atoms with Crippen molar-refractivity contribution in [3.63, 3.8) is 0 Å². The molecule has 0 aliphatic carbocycles. The predicted octanol–water partition coefficient (Wildman–Crippen LogP) is 1.96. The van der Waals surface area contributed by atoms with Gasteiger partial charge in [0.2, 0.25) is 5.91 Å². The van der Waals surface area contributed by atoms with Crippen LogP contribution >= 0.6 is 0 Å². The lowest BCUT2D eigenvalue weighted by atomic mass is 10.1. The molecule has 110 valence electrons. The van der Waals surface area contributed by atoms with Gasteiger partial charge in [0.25, 0.3) is 0 Å². The number of amides is 1. The minimum atomic E-state index is -0.326. The summed E-state index contributed by atoms with van der Waals surface area (Å²) in [5, 5.41) is 18.0. The van der Waals surface area contributed by atoms with Crippen LogP contribution in [0.15, 0.2) is 24.3 Å². The third-order valence-corrected chi connectivity index (χ3v) is 3.75. The molecule has 0 saturated heterocycles. The fourth-order valence-electron chi connectivity index (χ4n) is 2.76. The Morgan fingerprint density at radius 2 is 2.19 bits per heavy atom. The summed E-state index contributed by atoms with van der Waals surface area (Å²) < 4.78 is 1.86. The van der Waals surface area contributed by atoms with E-state index in [0.29, 0.717) is 12.4 Å². The number of hydrogen-bond donors (Lipinski definition) is 1. The van der Waals surface area contributed by atoms with Crippen LogP contribution in [0.25, 0.3) is 11.4 Å². The van der Waals surface area contributed by atoms with Gasteiger partial charge in [-0.2, -0.15) is 0 Å². The third kappa shape index (κ3) is 2.26. The molecule has 1 amide bonds. The van der Waals surface area contributed by atoms with Crippen LogP contribution < -0.4 is 0 Å². The van der Waals surface area contributed by atoms with Crippen LogP contribution in [0.2, 0.25) is 0 Å². The lowest BCUT2D eigenvalue weighted by molar-refractivity contribution is -0.136. The molecule has 2 heterocycles. The van der Waals surface area contributed by atoms with Gasteiger partial charge in [0.1, 0.15) is 11.8 Å². The van der Waals surface area contributed by atoms with E-state index in [1.807, 2.05) is 22.5 Å². The Balaban J connectivity index is 2.04. The molecule has 1 aromatic carbocycles. The zero-order chi connectivity index (χ0) is 15.0. The molecule has 6 heteroatoms. The van der Waals surface area contributed by atoms with E-state index in [0.717, 1.165) is 24.4 Å². The number of phenolic OH excluding ortho intramolecular Hbond substituents is 1. The lowest BCUT2D eigenvalue weighted by Gasteiger charge is -2.31. The van der Waals surface area contributed by atoms with Crippen molar-refractivity contribution >= 4 is 5.91 Å². The van der Waals surface area contributed by atoms with Gasteiger partial charge in [-0.25, -0.2) is 0 Å². The van der Waals surface area contributed by atoms with Gasteiger partial charge in [0, 0.05) is 12.1 Å². The number of hydrogen-bond acceptors (Lipinski definition) is 4. The number of fused-ring (bicyclic) bond motifs is 1. The third-order valence-electron chi connectivity index (χ3n) is 3.75. The zero-order valence-electron chi connectivity index (χ0n) is 12.2. The van der Waals surface area contributed by atoms with Gasteiger partial charge in [-0.1, -0.05) is 19.1 Å². The van der Waals surface area contributed by atoms with E-state index in [4.69, 9.17) is 0 Å². The summed E-state index contributed by atoms with van der Waals surface area (Å²) in [4.78, 5) is 14.2. The molecule has 1 aromatic heterocycles. The highest BCUT2D eigenvalue weighted by Crippen LogP contribution is 2.29. The van der Waals surface area contributed by atoms with Crippen molar-refractivity contribution in [3.8, 4) is 17.1 Å². The van der Waals surface area contributed by atoms with Crippen molar-refractivity contribution in [1.29, 1.82) is 0 Å². The maximum absolute atomic E-state index is 12.4. The normalized spacial score (nSPS) is 17.9. The fourth-order valence-corrected chi connectivity index (χ4v) is 2.76. The Hall–Kier alpha value is -2.37. The molecule has 1 N–H and O–H groups in total. The number of aromatic hydroxyl groups is 1. The van der Waals surface area contributed by atoms with E-state index in [1.165, 1.54) is 0 Å². The van der Waals surface area contributed by atoms with Crippen LogP contribution in [0, 0.1) is 0 Å². The van der Waals surface area contributed by atoms with E-state index < -0.39 is 0 Å². The van der Waals surface area contributed by atoms with Crippen molar-refractivity contribution in [2.45, 2.75) is 32.9 Å². The summed E-state index contributed by atoms with van der Waals surface area (Å²) in [6, 6.07) is 6.52. The van der Waals surface area contributed by atoms with Crippen molar-refractivity contribution in [2.24, 2.45) is 0 Å². The zero-order valence-corrected chi connectivity index (χ0v) is 12.2. The van der Waals surface area contributed by atoms with Crippen molar-refractivity contribution in [2.75, 3.05) is 6.54 Å². The number of carbonyl (C=O) groups is 1. The Kier molecular flexibility index (Phi) is 3.37. The van der Waals surface area contributed by atoms with Gasteiger partial charge < -0.3 is 10.0 Å². The van der Waals surface area contributed by atoms with Crippen LogP contribution in [0.4, 0.5) is 0 Å². The van der Waals surface area contributed by atoms with Crippen LogP contribution in [-0.2, 0) is 11.3 Å². The van der Waals surface area contributed by atoms with Gasteiger partial charge in [-0.3, -0.25) is 9.36 Å². The molecule has 1 aliphatic heterocycles. The topological polar surface area (TPSA) is 71.2 Å². The largest absolute Gasteiger partial charge is 0.508 e. The van der Waals surface area contributed by atoms with Crippen LogP contribution in [0.1, 0.15) is 32.1 Å². The second-order valence-corrected chi connectivity index (χ2v) is 5.30. The van der Waals surface area contributed by atoms with E-state index in [1.54, 1.807) is 18.2 Å². The lowest BCUT2D eigenvalue weighted by Crippen LogP contribution is -2.42. The molecule has 3 rings (SSSR count). The summed E-state index contributed by atoms with van der Waals surface area (Å²) in [5.74, 6) is 1.67. The SMILES string of the molecule is CCCN1Cc2nnc(-c3cccc(O)c3)n2[C@H](C)C1=O. The van der Waals surface area contributed by atoms with Crippen LogP contribution in [-0.4, -0.2) is 37.2 Å². The summed E-state index contributed by atoms with van der Waals surface area (Å²) >= 11 is 0. The number of aromatic nitrogens is 3. The predicted molar refractivity (Wildman–Crippen MR) is 77.5 cm³/mol. The Labute approximate surface area is 123 Å². The van der Waals surface area contributed by atoms with Gasteiger partial charge in [0.15, 0.2) is 11.6 Å². The first-order chi connectivity index (χ1) is 10.1. The van der Waals surface area contributed by atoms with Gasteiger partial charge in [0.05, 0.1) is 6.54 Å². The molecule has 21 heavy (non-hydrogen) atoms. The van der Waals surface area contributed by atoms with E-state index in [2.05, 4.69) is 17.1 Å². The smallest absolute Gasteiger partial charge is 0.245 e. The summed E-state index contributed by atoms with van der Waals surface area (Å²) in [6.07, 6.45) is 0.923. The quantitative estimate of drug-likeness (QED) is 0.936.